The second-order valence-electron chi connectivity index (χ2n) is 9.16. The van der Waals surface area contributed by atoms with Gasteiger partial charge in [0.1, 0.15) is 11.6 Å². The molecule has 0 aliphatic carbocycles. The van der Waals surface area contributed by atoms with Crippen LogP contribution in [0.2, 0.25) is 0 Å². The summed E-state index contributed by atoms with van der Waals surface area (Å²) in [6.07, 6.45) is 0.598. The SMILES string of the molecule is COc1ccc(-c2cc(C(=O)N[C@@H](Cc3ccccc3)c3nc4ccccc4[nH]3)c3ccccc3n2)cc1. The molecular formula is C32H26N4O2. The van der Waals surface area contributed by atoms with Crippen molar-refractivity contribution in [2.75, 3.05) is 7.11 Å². The molecule has 4 aromatic carbocycles. The minimum absolute atomic E-state index is 0.181. The Morgan fingerprint density at radius 3 is 2.32 bits per heavy atom. The van der Waals surface area contributed by atoms with Gasteiger partial charge in [0.2, 0.25) is 0 Å². The van der Waals surface area contributed by atoms with Crippen LogP contribution in [0, 0.1) is 0 Å². The number of amides is 1. The van der Waals surface area contributed by atoms with E-state index < -0.39 is 0 Å². The number of ether oxygens (including phenoxy) is 1. The first kappa shape index (κ1) is 23.4. The maximum absolute atomic E-state index is 13.9. The largest absolute Gasteiger partial charge is 0.497 e. The summed E-state index contributed by atoms with van der Waals surface area (Å²) < 4.78 is 5.30. The highest BCUT2D eigenvalue weighted by atomic mass is 16.5. The van der Waals surface area contributed by atoms with E-state index in [9.17, 15) is 4.79 Å². The molecule has 0 fully saturated rings. The number of fused-ring (bicyclic) bond motifs is 2. The number of carbonyl (C=O) groups excluding carboxylic acids is 1. The number of methoxy groups -OCH3 is 1. The van der Waals surface area contributed by atoms with Gasteiger partial charge in [0.05, 0.1) is 41.0 Å². The number of pyridine rings is 1. The Kier molecular flexibility index (Phi) is 6.28. The topological polar surface area (TPSA) is 79.9 Å². The molecule has 0 saturated heterocycles. The molecule has 0 spiro atoms. The highest BCUT2D eigenvalue weighted by molar-refractivity contribution is 6.07. The van der Waals surface area contributed by atoms with E-state index in [1.807, 2.05) is 97.1 Å². The van der Waals surface area contributed by atoms with Crippen LogP contribution in [-0.4, -0.2) is 28.0 Å². The minimum Gasteiger partial charge on any atom is -0.497 e. The van der Waals surface area contributed by atoms with Crippen molar-refractivity contribution in [1.29, 1.82) is 0 Å². The molecule has 6 heteroatoms. The summed E-state index contributed by atoms with van der Waals surface area (Å²) in [7, 11) is 1.64. The Bertz CT molecular complexity index is 1690. The molecule has 6 nitrogen and oxygen atoms in total. The number of hydrogen-bond donors (Lipinski definition) is 2. The Balaban J connectivity index is 1.40. The summed E-state index contributed by atoms with van der Waals surface area (Å²) in [4.78, 5) is 27.0. The van der Waals surface area contributed by atoms with Crippen molar-refractivity contribution in [1.82, 2.24) is 20.3 Å². The van der Waals surface area contributed by atoms with Gasteiger partial charge in [-0.3, -0.25) is 4.79 Å². The fourth-order valence-corrected chi connectivity index (χ4v) is 4.71. The maximum Gasteiger partial charge on any atom is 0.252 e. The zero-order valence-electron chi connectivity index (χ0n) is 20.9. The summed E-state index contributed by atoms with van der Waals surface area (Å²) in [6.45, 7) is 0. The molecule has 0 aliphatic rings. The van der Waals surface area contributed by atoms with Crippen molar-refractivity contribution in [3.05, 3.63) is 126 Å². The standard InChI is InChI=1S/C32H26N4O2/c1-38-23-17-15-22(16-18-23)29-20-25(24-11-5-6-12-26(24)33-29)32(37)36-30(19-21-9-3-2-4-10-21)31-34-27-13-7-8-14-28(27)35-31/h2-18,20,30H,19H2,1H3,(H,34,35)(H,36,37)/t30-/m0/s1. The van der Waals surface area contributed by atoms with Crippen molar-refractivity contribution >= 4 is 27.8 Å². The number of H-pyrrole nitrogens is 1. The van der Waals surface area contributed by atoms with Crippen molar-refractivity contribution in [2.45, 2.75) is 12.5 Å². The van der Waals surface area contributed by atoms with E-state index in [-0.39, 0.29) is 11.9 Å². The summed E-state index contributed by atoms with van der Waals surface area (Å²) in [5, 5.41) is 4.06. The molecular weight excluding hydrogens is 472 g/mol. The minimum atomic E-state index is -0.353. The van der Waals surface area contributed by atoms with Crippen LogP contribution in [0.15, 0.2) is 109 Å². The van der Waals surface area contributed by atoms with Gasteiger partial charge in [0, 0.05) is 10.9 Å². The third kappa shape index (κ3) is 4.72. The van der Waals surface area contributed by atoms with Crippen molar-refractivity contribution < 1.29 is 9.53 Å². The molecule has 1 atom stereocenters. The number of aromatic amines is 1. The van der Waals surface area contributed by atoms with Gasteiger partial charge in [0.15, 0.2) is 0 Å². The first-order valence-corrected chi connectivity index (χ1v) is 12.5. The molecule has 2 aromatic heterocycles. The molecule has 0 aliphatic heterocycles. The maximum atomic E-state index is 13.9. The van der Waals surface area contributed by atoms with Crippen molar-refractivity contribution in [3.8, 4) is 17.0 Å². The van der Waals surface area contributed by atoms with Gasteiger partial charge < -0.3 is 15.0 Å². The molecule has 38 heavy (non-hydrogen) atoms. The number of carbonyl (C=O) groups is 1. The Morgan fingerprint density at radius 1 is 0.842 bits per heavy atom. The predicted octanol–water partition coefficient (Wildman–Crippen LogP) is 6.50. The van der Waals surface area contributed by atoms with Gasteiger partial charge in [-0.1, -0.05) is 60.7 Å². The lowest BCUT2D eigenvalue weighted by Crippen LogP contribution is -2.31. The molecule has 0 bridgehead atoms. The average Bonchev–Trinajstić information content (AvgIpc) is 3.41. The average molecular weight is 499 g/mol. The molecule has 186 valence electrons. The highest BCUT2D eigenvalue weighted by Gasteiger charge is 2.22. The van der Waals surface area contributed by atoms with Crippen LogP contribution < -0.4 is 10.1 Å². The van der Waals surface area contributed by atoms with Crippen molar-refractivity contribution in [2.24, 2.45) is 0 Å². The van der Waals surface area contributed by atoms with Crippen LogP contribution in [0.3, 0.4) is 0 Å². The first-order chi connectivity index (χ1) is 18.7. The third-order valence-corrected chi connectivity index (χ3v) is 6.67. The van der Waals surface area contributed by atoms with Crippen LogP contribution in [0.4, 0.5) is 0 Å². The fraction of sp³-hybridized carbons (Fsp3) is 0.0938. The van der Waals surface area contributed by atoms with Gasteiger partial charge in [-0.2, -0.15) is 0 Å². The normalized spacial score (nSPS) is 11.9. The van der Waals surface area contributed by atoms with Crippen LogP contribution in [-0.2, 0) is 6.42 Å². The number of aromatic nitrogens is 3. The smallest absolute Gasteiger partial charge is 0.252 e. The molecule has 0 unspecified atom stereocenters. The number of nitrogens with one attached hydrogen (secondary N) is 2. The second-order valence-corrected chi connectivity index (χ2v) is 9.16. The van der Waals surface area contributed by atoms with Gasteiger partial charge in [0.25, 0.3) is 5.91 Å². The van der Waals surface area contributed by atoms with Crippen LogP contribution in [0.1, 0.15) is 27.8 Å². The number of para-hydroxylation sites is 3. The lowest BCUT2D eigenvalue weighted by Gasteiger charge is -2.18. The Morgan fingerprint density at radius 2 is 1.55 bits per heavy atom. The molecule has 2 heterocycles. The van der Waals surface area contributed by atoms with Crippen molar-refractivity contribution in [3.63, 3.8) is 0 Å². The number of hydrogen-bond acceptors (Lipinski definition) is 4. The van der Waals surface area contributed by atoms with E-state index in [0.717, 1.165) is 50.3 Å². The van der Waals surface area contributed by atoms with Gasteiger partial charge >= 0.3 is 0 Å². The van der Waals surface area contributed by atoms with E-state index in [2.05, 4.69) is 22.4 Å². The number of imidazole rings is 1. The van der Waals surface area contributed by atoms with Crippen LogP contribution >= 0.6 is 0 Å². The molecule has 0 saturated carbocycles. The zero-order valence-corrected chi connectivity index (χ0v) is 20.9. The predicted molar refractivity (Wildman–Crippen MR) is 150 cm³/mol. The third-order valence-electron chi connectivity index (χ3n) is 6.67. The van der Waals surface area contributed by atoms with Crippen LogP contribution in [0.5, 0.6) is 5.75 Å². The zero-order chi connectivity index (χ0) is 25.9. The lowest BCUT2D eigenvalue weighted by molar-refractivity contribution is 0.0936. The Hall–Kier alpha value is -4.97. The summed E-state index contributed by atoms with van der Waals surface area (Å²) in [5.74, 6) is 1.30. The van der Waals surface area contributed by atoms with E-state index in [1.165, 1.54) is 0 Å². The van der Waals surface area contributed by atoms with Crippen LogP contribution in [0.25, 0.3) is 33.2 Å². The molecule has 6 aromatic rings. The number of rotatable bonds is 7. The molecule has 2 N–H and O–H groups in total. The highest BCUT2D eigenvalue weighted by Crippen LogP contribution is 2.27. The second kappa shape index (κ2) is 10.2. The quantitative estimate of drug-likeness (QED) is 0.263. The van der Waals surface area contributed by atoms with E-state index >= 15 is 0 Å². The van der Waals surface area contributed by atoms with E-state index in [4.69, 9.17) is 14.7 Å². The monoisotopic (exact) mass is 498 g/mol. The van der Waals surface area contributed by atoms with E-state index in [1.54, 1.807) is 7.11 Å². The summed E-state index contributed by atoms with van der Waals surface area (Å²) >= 11 is 0. The fourth-order valence-electron chi connectivity index (χ4n) is 4.71. The molecule has 0 radical (unpaired) electrons. The number of benzene rings is 4. The first-order valence-electron chi connectivity index (χ1n) is 12.5. The number of nitrogens with zero attached hydrogens (tertiary/aromatic N) is 2. The van der Waals surface area contributed by atoms with E-state index in [0.29, 0.717) is 12.0 Å². The Labute approximate surface area is 220 Å². The van der Waals surface area contributed by atoms with Gasteiger partial charge in [-0.15, -0.1) is 0 Å². The summed E-state index contributed by atoms with van der Waals surface area (Å²) in [6, 6.07) is 34.9. The molecule has 1 amide bonds. The molecule has 6 rings (SSSR count). The van der Waals surface area contributed by atoms with Gasteiger partial charge in [-0.25, -0.2) is 9.97 Å². The lowest BCUT2D eigenvalue weighted by atomic mass is 10.0. The van der Waals surface area contributed by atoms with Gasteiger partial charge in [-0.05, 0) is 60.5 Å². The summed E-state index contributed by atoms with van der Waals surface area (Å²) in [5.41, 5.74) is 5.86.